The van der Waals surface area contributed by atoms with Crippen LogP contribution in [0.2, 0.25) is 0 Å². The predicted molar refractivity (Wildman–Crippen MR) is 108 cm³/mol. The van der Waals surface area contributed by atoms with Crippen molar-refractivity contribution >= 4 is 11.8 Å². The third kappa shape index (κ3) is 4.95. The summed E-state index contributed by atoms with van der Waals surface area (Å²) in [7, 11) is 1.66. The smallest absolute Gasteiger partial charge is 0.225 e. The van der Waals surface area contributed by atoms with Gasteiger partial charge in [-0.15, -0.1) is 0 Å². The second-order valence-electron chi connectivity index (χ2n) is 6.22. The first-order valence-electron chi connectivity index (χ1n) is 8.87. The molecule has 1 atom stereocenters. The van der Waals surface area contributed by atoms with Gasteiger partial charge < -0.3 is 20.5 Å². The van der Waals surface area contributed by atoms with E-state index in [1.165, 1.54) is 0 Å². The number of anilines is 2. The van der Waals surface area contributed by atoms with Crippen LogP contribution in [0, 0.1) is 0 Å². The van der Waals surface area contributed by atoms with Gasteiger partial charge in [0.15, 0.2) is 0 Å². The lowest BCUT2D eigenvalue weighted by atomic mass is 10.1. The van der Waals surface area contributed by atoms with Gasteiger partial charge >= 0.3 is 0 Å². The summed E-state index contributed by atoms with van der Waals surface area (Å²) in [5.41, 5.74) is 2.85. The lowest BCUT2D eigenvalue weighted by Gasteiger charge is -2.15. The number of aromatic nitrogens is 2. The van der Waals surface area contributed by atoms with Crippen molar-refractivity contribution in [2.75, 3.05) is 24.4 Å². The molecule has 6 heteroatoms. The van der Waals surface area contributed by atoms with E-state index in [1.807, 2.05) is 67.6 Å². The molecule has 0 aliphatic rings. The largest absolute Gasteiger partial charge is 0.496 e. The number of para-hydroxylation sites is 1. The monoisotopic (exact) mass is 364 g/mol. The van der Waals surface area contributed by atoms with Crippen molar-refractivity contribution in [1.82, 2.24) is 9.97 Å². The first-order valence-corrected chi connectivity index (χ1v) is 8.87. The maximum atomic E-state index is 9.31. The van der Waals surface area contributed by atoms with Gasteiger partial charge in [0, 0.05) is 29.8 Å². The molecule has 140 valence electrons. The molecule has 0 amide bonds. The van der Waals surface area contributed by atoms with Crippen molar-refractivity contribution in [2.24, 2.45) is 0 Å². The van der Waals surface area contributed by atoms with Gasteiger partial charge in [0.25, 0.3) is 0 Å². The van der Waals surface area contributed by atoms with Crippen molar-refractivity contribution in [3.05, 3.63) is 66.2 Å². The molecule has 3 aromatic rings. The van der Waals surface area contributed by atoms with E-state index in [0.717, 1.165) is 22.6 Å². The minimum Gasteiger partial charge on any atom is -0.496 e. The summed E-state index contributed by atoms with van der Waals surface area (Å²) in [5.74, 6) is 2.00. The molecule has 27 heavy (non-hydrogen) atoms. The first-order chi connectivity index (χ1) is 13.2. The van der Waals surface area contributed by atoms with Crippen molar-refractivity contribution in [1.29, 1.82) is 0 Å². The Morgan fingerprint density at radius 3 is 2.52 bits per heavy atom. The number of hydrogen-bond acceptors (Lipinski definition) is 6. The highest BCUT2D eigenvalue weighted by atomic mass is 16.5. The second kappa shape index (κ2) is 9.00. The molecule has 3 rings (SSSR count). The standard InChI is InChI=1S/C21H24N4O2/c1-15(14-26)23-21-24-18(16-8-4-3-5-9-16)12-20(25-21)22-13-17-10-6-7-11-19(17)27-2/h3-12,15,26H,13-14H2,1-2H3,(H2,22,23,24,25)/t15-/m0/s1. The third-order valence-corrected chi connectivity index (χ3v) is 4.10. The summed E-state index contributed by atoms with van der Waals surface area (Å²) in [5, 5.41) is 15.8. The number of nitrogens with one attached hydrogen (secondary N) is 2. The highest BCUT2D eigenvalue weighted by molar-refractivity contribution is 5.64. The number of nitrogens with zero attached hydrogens (tertiary/aromatic N) is 2. The van der Waals surface area contributed by atoms with E-state index in [1.54, 1.807) is 7.11 Å². The minimum absolute atomic E-state index is 0.00288. The van der Waals surface area contributed by atoms with E-state index in [2.05, 4.69) is 20.6 Å². The fourth-order valence-electron chi connectivity index (χ4n) is 2.66. The van der Waals surface area contributed by atoms with Crippen LogP contribution in [0.15, 0.2) is 60.7 Å². The molecule has 2 aromatic carbocycles. The Morgan fingerprint density at radius 1 is 1.04 bits per heavy atom. The van der Waals surface area contributed by atoms with Crippen LogP contribution in [0.4, 0.5) is 11.8 Å². The van der Waals surface area contributed by atoms with E-state index in [9.17, 15) is 5.11 Å². The number of benzene rings is 2. The summed E-state index contributed by atoms with van der Waals surface area (Å²) >= 11 is 0. The van der Waals surface area contributed by atoms with Gasteiger partial charge in [-0.25, -0.2) is 4.98 Å². The molecule has 0 saturated heterocycles. The van der Waals surface area contributed by atoms with E-state index in [4.69, 9.17) is 4.74 Å². The zero-order valence-corrected chi connectivity index (χ0v) is 15.5. The Balaban J connectivity index is 1.87. The van der Waals surface area contributed by atoms with Gasteiger partial charge in [-0.1, -0.05) is 48.5 Å². The molecule has 0 saturated carbocycles. The van der Waals surface area contributed by atoms with Crippen LogP contribution in [0.5, 0.6) is 5.75 Å². The van der Waals surface area contributed by atoms with Gasteiger partial charge in [0.05, 0.1) is 19.4 Å². The molecule has 0 bridgehead atoms. The Hall–Kier alpha value is -3.12. The maximum Gasteiger partial charge on any atom is 0.225 e. The van der Waals surface area contributed by atoms with E-state index >= 15 is 0 Å². The van der Waals surface area contributed by atoms with Crippen LogP contribution < -0.4 is 15.4 Å². The van der Waals surface area contributed by atoms with E-state index in [-0.39, 0.29) is 12.6 Å². The molecule has 1 heterocycles. The topological polar surface area (TPSA) is 79.3 Å². The number of ether oxygens (including phenoxy) is 1. The first kappa shape index (κ1) is 18.7. The zero-order chi connectivity index (χ0) is 19.1. The van der Waals surface area contributed by atoms with Crippen LogP contribution in [-0.4, -0.2) is 34.8 Å². The van der Waals surface area contributed by atoms with Crippen LogP contribution in [-0.2, 0) is 6.54 Å². The molecular formula is C21H24N4O2. The number of rotatable bonds is 8. The summed E-state index contributed by atoms with van der Waals surface area (Å²) in [6, 6.07) is 19.6. The average Bonchev–Trinajstić information content (AvgIpc) is 2.72. The normalized spacial score (nSPS) is 11.7. The fourth-order valence-corrected chi connectivity index (χ4v) is 2.66. The number of aliphatic hydroxyl groups excluding tert-OH is 1. The average molecular weight is 364 g/mol. The molecule has 1 aromatic heterocycles. The van der Waals surface area contributed by atoms with Crippen LogP contribution in [0.3, 0.4) is 0 Å². The maximum absolute atomic E-state index is 9.31. The summed E-state index contributed by atoms with van der Waals surface area (Å²) in [6.45, 7) is 2.45. The fraction of sp³-hybridized carbons (Fsp3) is 0.238. The number of methoxy groups -OCH3 is 1. The lowest BCUT2D eigenvalue weighted by Crippen LogP contribution is -2.21. The molecule has 0 spiro atoms. The highest BCUT2D eigenvalue weighted by Gasteiger charge is 2.10. The van der Waals surface area contributed by atoms with Crippen LogP contribution in [0.25, 0.3) is 11.3 Å². The van der Waals surface area contributed by atoms with Crippen molar-refractivity contribution in [3.63, 3.8) is 0 Å². The van der Waals surface area contributed by atoms with Gasteiger partial charge in [-0.05, 0) is 13.0 Å². The molecule has 0 unspecified atom stereocenters. The third-order valence-electron chi connectivity index (χ3n) is 4.10. The highest BCUT2D eigenvalue weighted by Crippen LogP contribution is 2.23. The summed E-state index contributed by atoms with van der Waals surface area (Å²) < 4.78 is 5.40. The zero-order valence-electron chi connectivity index (χ0n) is 15.5. The summed E-state index contributed by atoms with van der Waals surface area (Å²) in [4.78, 5) is 9.11. The molecular weight excluding hydrogens is 340 g/mol. The Kier molecular flexibility index (Phi) is 6.22. The second-order valence-corrected chi connectivity index (χ2v) is 6.22. The van der Waals surface area contributed by atoms with Crippen LogP contribution in [0.1, 0.15) is 12.5 Å². The lowest BCUT2D eigenvalue weighted by molar-refractivity contribution is 0.281. The molecule has 0 aliphatic heterocycles. The van der Waals surface area contributed by atoms with E-state index in [0.29, 0.717) is 18.3 Å². The van der Waals surface area contributed by atoms with Gasteiger partial charge in [0.1, 0.15) is 11.6 Å². The van der Waals surface area contributed by atoms with E-state index < -0.39 is 0 Å². The Bertz CT molecular complexity index is 871. The number of hydrogen-bond donors (Lipinski definition) is 3. The SMILES string of the molecule is COc1ccccc1CNc1cc(-c2ccccc2)nc(N[C@@H](C)CO)n1. The number of aliphatic hydroxyl groups is 1. The van der Waals surface area contributed by atoms with Crippen LogP contribution >= 0.6 is 0 Å². The summed E-state index contributed by atoms with van der Waals surface area (Å²) in [6.07, 6.45) is 0. The molecule has 3 N–H and O–H groups in total. The molecule has 0 fully saturated rings. The minimum atomic E-state index is -0.141. The van der Waals surface area contributed by atoms with Gasteiger partial charge in [0.2, 0.25) is 5.95 Å². The Morgan fingerprint density at radius 2 is 1.78 bits per heavy atom. The molecule has 0 radical (unpaired) electrons. The predicted octanol–water partition coefficient (Wildman–Crippen LogP) is 3.56. The van der Waals surface area contributed by atoms with Gasteiger partial charge in [-0.3, -0.25) is 0 Å². The molecule has 0 aliphatic carbocycles. The Labute approximate surface area is 159 Å². The van der Waals surface area contributed by atoms with Gasteiger partial charge in [-0.2, -0.15) is 4.98 Å². The molecule has 6 nitrogen and oxygen atoms in total. The van der Waals surface area contributed by atoms with Crippen molar-refractivity contribution in [3.8, 4) is 17.0 Å². The van der Waals surface area contributed by atoms with Crippen molar-refractivity contribution < 1.29 is 9.84 Å². The van der Waals surface area contributed by atoms with Crippen molar-refractivity contribution in [2.45, 2.75) is 19.5 Å². The quantitative estimate of drug-likeness (QED) is 0.567.